The first kappa shape index (κ1) is 14.5. The van der Waals surface area contributed by atoms with Gasteiger partial charge in [0.25, 0.3) is 11.6 Å². The number of anilines is 2. The zero-order valence-electron chi connectivity index (χ0n) is 11.5. The molecule has 8 nitrogen and oxygen atoms in total. The fourth-order valence-electron chi connectivity index (χ4n) is 1.78. The largest absolute Gasteiger partial charge is 0.380 e. The second kappa shape index (κ2) is 6.04. The van der Waals surface area contributed by atoms with Crippen LogP contribution in [0.25, 0.3) is 0 Å². The molecule has 2 aromatic rings. The fourth-order valence-corrected chi connectivity index (χ4v) is 1.78. The lowest BCUT2D eigenvalue weighted by atomic mass is 10.1. The van der Waals surface area contributed by atoms with Gasteiger partial charge in [-0.3, -0.25) is 14.9 Å². The standard InChI is InChI=1S/C13H14N4O4/c1-3-14-10-7-9(4-5-11(10)17(19)20)13(18)15-12-6-8(2)21-16-12/h4-7,14H,3H2,1-2H3,(H,15,16,18). The summed E-state index contributed by atoms with van der Waals surface area (Å²) < 4.78 is 4.85. The molecule has 0 aliphatic rings. The summed E-state index contributed by atoms with van der Waals surface area (Å²) in [5.41, 5.74) is 0.509. The van der Waals surface area contributed by atoms with E-state index in [9.17, 15) is 14.9 Å². The Kier molecular flexibility index (Phi) is 4.17. The predicted octanol–water partition coefficient (Wildman–Crippen LogP) is 2.58. The number of hydrogen-bond donors (Lipinski definition) is 2. The van der Waals surface area contributed by atoms with Crippen LogP contribution in [-0.4, -0.2) is 22.5 Å². The summed E-state index contributed by atoms with van der Waals surface area (Å²) >= 11 is 0. The molecule has 0 aliphatic carbocycles. The van der Waals surface area contributed by atoms with Crippen molar-refractivity contribution in [1.29, 1.82) is 0 Å². The van der Waals surface area contributed by atoms with Crippen molar-refractivity contribution < 1.29 is 14.2 Å². The molecule has 110 valence electrons. The van der Waals surface area contributed by atoms with Crippen molar-refractivity contribution in [2.24, 2.45) is 0 Å². The second-order valence-electron chi connectivity index (χ2n) is 4.30. The van der Waals surface area contributed by atoms with Crippen molar-refractivity contribution in [3.8, 4) is 0 Å². The van der Waals surface area contributed by atoms with Gasteiger partial charge in [0, 0.05) is 24.2 Å². The quantitative estimate of drug-likeness (QED) is 0.646. The highest BCUT2D eigenvalue weighted by molar-refractivity contribution is 6.04. The Balaban J connectivity index is 2.24. The third-order valence-electron chi connectivity index (χ3n) is 2.69. The van der Waals surface area contributed by atoms with Crippen LogP contribution in [-0.2, 0) is 0 Å². The van der Waals surface area contributed by atoms with Gasteiger partial charge < -0.3 is 15.2 Å². The molecule has 21 heavy (non-hydrogen) atoms. The molecule has 0 bridgehead atoms. The molecule has 0 radical (unpaired) electrons. The second-order valence-corrected chi connectivity index (χ2v) is 4.30. The Morgan fingerprint density at radius 1 is 1.43 bits per heavy atom. The van der Waals surface area contributed by atoms with Crippen LogP contribution in [0.5, 0.6) is 0 Å². The van der Waals surface area contributed by atoms with Crippen molar-refractivity contribution in [2.75, 3.05) is 17.2 Å². The number of carbonyl (C=O) groups is 1. The van der Waals surface area contributed by atoms with Crippen LogP contribution in [0.2, 0.25) is 0 Å². The molecule has 0 fully saturated rings. The highest BCUT2D eigenvalue weighted by atomic mass is 16.6. The van der Waals surface area contributed by atoms with E-state index in [-0.39, 0.29) is 11.3 Å². The molecule has 1 amide bonds. The average Bonchev–Trinajstić information content (AvgIpc) is 2.84. The van der Waals surface area contributed by atoms with Gasteiger partial charge in [-0.2, -0.15) is 0 Å². The van der Waals surface area contributed by atoms with E-state index in [1.54, 1.807) is 13.0 Å². The molecule has 1 aromatic carbocycles. The third-order valence-corrected chi connectivity index (χ3v) is 2.69. The van der Waals surface area contributed by atoms with Crippen LogP contribution in [0.1, 0.15) is 23.0 Å². The van der Waals surface area contributed by atoms with Crippen LogP contribution in [0.15, 0.2) is 28.8 Å². The summed E-state index contributed by atoms with van der Waals surface area (Å²) in [7, 11) is 0. The zero-order valence-corrected chi connectivity index (χ0v) is 11.5. The Morgan fingerprint density at radius 2 is 2.19 bits per heavy atom. The van der Waals surface area contributed by atoms with Crippen molar-refractivity contribution in [1.82, 2.24) is 5.16 Å². The van der Waals surface area contributed by atoms with E-state index in [0.29, 0.717) is 23.8 Å². The summed E-state index contributed by atoms with van der Waals surface area (Å²) in [5.74, 6) is 0.445. The molecule has 0 saturated carbocycles. The highest BCUT2D eigenvalue weighted by Gasteiger charge is 2.17. The number of aromatic nitrogens is 1. The van der Waals surface area contributed by atoms with Crippen LogP contribution in [0, 0.1) is 17.0 Å². The highest BCUT2D eigenvalue weighted by Crippen LogP contribution is 2.25. The summed E-state index contributed by atoms with van der Waals surface area (Å²) in [6.45, 7) is 4.03. The molecular formula is C13H14N4O4. The topological polar surface area (TPSA) is 110 Å². The van der Waals surface area contributed by atoms with Gasteiger partial charge in [-0.15, -0.1) is 0 Å². The molecule has 8 heteroatoms. The van der Waals surface area contributed by atoms with Gasteiger partial charge >= 0.3 is 0 Å². The van der Waals surface area contributed by atoms with Crippen LogP contribution in [0.3, 0.4) is 0 Å². The molecule has 2 rings (SSSR count). The monoisotopic (exact) mass is 290 g/mol. The number of nitro groups is 1. The first-order valence-corrected chi connectivity index (χ1v) is 6.28. The van der Waals surface area contributed by atoms with E-state index in [1.807, 2.05) is 6.92 Å². The maximum Gasteiger partial charge on any atom is 0.292 e. The number of rotatable bonds is 5. The number of nitrogens with zero attached hydrogens (tertiary/aromatic N) is 2. The summed E-state index contributed by atoms with van der Waals surface area (Å²) in [5, 5.41) is 20.0. The van der Waals surface area contributed by atoms with Crippen molar-refractivity contribution in [2.45, 2.75) is 13.8 Å². The van der Waals surface area contributed by atoms with Crippen LogP contribution < -0.4 is 10.6 Å². The molecule has 2 N–H and O–H groups in total. The number of aryl methyl sites for hydroxylation is 1. The molecule has 0 atom stereocenters. The lowest BCUT2D eigenvalue weighted by Gasteiger charge is -2.07. The SMILES string of the molecule is CCNc1cc(C(=O)Nc2cc(C)on2)ccc1[N+](=O)[O-]. The molecule has 0 spiro atoms. The minimum absolute atomic E-state index is 0.0781. The van der Waals surface area contributed by atoms with Crippen LogP contribution >= 0.6 is 0 Å². The van der Waals surface area contributed by atoms with E-state index in [2.05, 4.69) is 15.8 Å². The van der Waals surface area contributed by atoms with Crippen molar-refractivity contribution in [3.63, 3.8) is 0 Å². The normalized spacial score (nSPS) is 10.2. The average molecular weight is 290 g/mol. The van der Waals surface area contributed by atoms with Gasteiger partial charge in [0.05, 0.1) is 4.92 Å². The number of benzene rings is 1. The summed E-state index contributed by atoms with van der Waals surface area (Å²) in [4.78, 5) is 22.5. The Morgan fingerprint density at radius 3 is 2.76 bits per heavy atom. The Bertz CT molecular complexity index is 681. The number of nitro benzene ring substituents is 1. The number of carbonyl (C=O) groups excluding carboxylic acids is 1. The predicted molar refractivity (Wildman–Crippen MR) is 76.5 cm³/mol. The minimum atomic E-state index is -0.499. The van der Waals surface area contributed by atoms with E-state index >= 15 is 0 Å². The Hall–Kier alpha value is -2.90. The van der Waals surface area contributed by atoms with Crippen molar-refractivity contribution >= 4 is 23.1 Å². The fraction of sp³-hybridized carbons (Fsp3) is 0.231. The molecule has 1 aromatic heterocycles. The smallest absolute Gasteiger partial charge is 0.292 e. The van der Waals surface area contributed by atoms with E-state index in [0.717, 1.165) is 0 Å². The molecule has 0 saturated heterocycles. The van der Waals surface area contributed by atoms with E-state index in [1.165, 1.54) is 18.2 Å². The molecule has 0 unspecified atom stereocenters. The number of nitrogens with one attached hydrogen (secondary N) is 2. The number of amides is 1. The first-order chi connectivity index (χ1) is 10.0. The van der Waals surface area contributed by atoms with E-state index in [4.69, 9.17) is 4.52 Å². The third kappa shape index (κ3) is 3.35. The number of hydrogen-bond acceptors (Lipinski definition) is 6. The summed E-state index contributed by atoms with van der Waals surface area (Å²) in [6.07, 6.45) is 0. The zero-order chi connectivity index (χ0) is 15.4. The maximum absolute atomic E-state index is 12.1. The maximum atomic E-state index is 12.1. The minimum Gasteiger partial charge on any atom is -0.380 e. The van der Waals surface area contributed by atoms with Gasteiger partial charge in [-0.05, 0) is 26.0 Å². The van der Waals surface area contributed by atoms with Gasteiger partial charge in [0.1, 0.15) is 11.4 Å². The molecule has 1 heterocycles. The lowest BCUT2D eigenvalue weighted by molar-refractivity contribution is -0.384. The van der Waals surface area contributed by atoms with Gasteiger partial charge in [0.15, 0.2) is 5.82 Å². The van der Waals surface area contributed by atoms with Gasteiger partial charge in [-0.1, -0.05) is 5.16 Å². The molecule has 0 aliphatic heterocycles. The van der Waals surface area contributed by atoms with Gasteiger partial charge in [0.2, 0.25) is 0 Å². The molecular weight excluding hydrogens is 276 g/mol. The summed E-state index contributed by atoms with van der Waals surface area (Å²) in [6, 6.07) is 5.70. The van der Waals surface area contributed by atoms with Crippen LogP contribution in [0.4, 0.5) is 17.2 Å². The van der Waals surface area contributed by atoms with E-state index < -0.39 is 10.8 Å². The Labute approximate surface area is 120 Å². The van der Waals surface area contributed by atoms with Gasteiger partial charge in [-0.25, -0.2) is 0 Å². The van der Waals surface area contributed by atoms with Crippen molar-refractivity contribution in [3.05, 3.63) is 45.7 Å². The first-order valence-electron chi connectivity index (χ1n) is 6.28. The lowest BCUT2D eigenvalue weighted by Crippen LogP contribution is -2.13.